The second-order valence-electron chi connectivity index (χ2n) is 3.22. The van der Waals surface area contributed by atoms with Crippen molar-refractivity contribution in [2.24, 2.45) is 0 Å². The predicted molar refractivity (Wildman–Crippen MR) is 50.5 cm³/mol. The maximum absolute atomic E-state index is 4.11. The van der Waals surface area contributed by atoms with Crippen molar-refractivity contribution in [2.45, 2.75) is 13.1 Å². The van der Waals surface area contributed by atoms with Gasteiger partial charge in [-0.1, -0.05) is 0 Å². The van der Waals surface area contributed by atoms with Crippen LogP contribution in [0.4, 0.5) is 11.4 Å². The molecule has 0 radical (unpaired) electrons. The molecule has 0 N–H and O–H groups in total. The van der Waals surface area contributed by atoms with Gasteiger partial charge < -0.3 is 9.80 Å². The number of nitrogens with zero attached hydrogens (tertiary/aromatic N) is 3. The van der Waals surface area contributed by atoms with Crippen LogP contribution in [-0.2, 0) is 0 Å². The van der Waals surface area contributed by atoms with Gasteiger partial charge in [0, 0.05) is 20.3 Å². The molecule has 0 amide bonds. The fourth-order valence-electron chi connectivity index (χ4n) is 1.61. The molecule has 1 atom stereocenters. The lowest BCUT2D eigenvalue weighted by molar-refractivity contribution is 0.709. The fraction of sp³-hybridized carbons (Fsp3) is 0.444. The van der Waals surface area contributed by atoms with Gasteiger partial charge in [0.2, 0.25) is 0 Å². The first-order valence-electron chi connectivity index (χ1n) is 4.11. The molecular weight excluding hydrogens is 150 g/mol. The SMILES string of the molecule is CC1N(C)c2ccncc2N1C. The lowest BCUT2D eigenvalue weighted by Gasteiger charge is -2.23. The van der Waals surface area contributed by atoms with Crippen molar-refractivity contribution in [1.82, 2.24) is 4.98 Å². The second kappa shape index (κ2) is 2.37. The Bertz CT molecular complexity index is 269. The third kappa shape index (κ3) is 0.793. The first-order valence-corrected chi connectivity index (χ1v) is 4.11. The average molecular weight is 163 g/mol. The standard InChI is InChI=1S/C9H13N3/c1-7-11(2)8-4-5-10-6-9(8)12(7)3/h4-7H,1-3H3. The molecule has 1 aliphatic heterocycles. The van der Waals surface area contributed by atoms with Crippen LogP contribution in [0.5, 0.6) is 0 Å². The van der Waals surface area contributed by atoms with E-state index in [1.54, 1.807) is 0 Å². The fourth-order valence-corrected chi connectivity index (χ4v) is 1.61. The summed E-state index contributed by atoms with van der Waals surface area (Å²) in [5.74, 6) is 0. The van der Waals surface area contributed by atoms with Crippen molar-refractivity contribution in [3.63, 3.8) is 0 Å². The number of rotatable bonds is 0. The minimum absolute atomic E-state index is 0.434. The largest absolute Gasteiger partial charge is 0.353 e. The summed E-state index contributed by atoms with van der Waals surface area (Å²) in [5, 5.41) is 0. The highest BCUT2D eigenvalue weighted by Crippen LogP contribution is 2.35. The van der Waals surface area contributed by atoms with Crippen LogP contribution in [-0.4, -0.2) is 25.2 Å². The molecule has 1 aromatic rings. The molecule has 2 heterocycles. The summed E-state index contributed by atoms with van der Waals surface area (Å²) in [5.41, 5.74) is 2.48. The number of fused-ring (bicyclic) bond motifs is 1. The minimum Gasteiger partial charge on any atom is -0.353 e. The predicted octanol–water partition coefficient (Wildman–Crippen LogP) is 1.31. The molecule has 0 aliphatic carbocycles. The van der Waals surface area contributed by atoms with Gasteiger partial charge in [-0.25, -0.2) is 0 Å². The summed E-state index contributed by atoms with van der Waals surface area (Å²) in [6, 6.07) is 2.05. The van der Waals surface area contributed by atoms with Crippen molar-refractivity contribution in [2.75, 3.05) is 23.9 Å². The monoisotopic (exact) mass is 163 g/mol. The van der Waals surface area contributed by atoms with Gasteiger partial charge in [0.15, 0.2) is 0 Å². The Kier molecular flexibility index (Phi) is 1.46. The molecule has 0 saturated heterocycles. The van der Waals surface area contributed by atoms with Crippen molar-refractivity contribution >= 4 is 11.4 Å². The van der Waals surface area contributed by atoms with Crippen LogP contribution in [0.25, 0.3) is 0 Å². The highest BCUT2D eigenvalue weighted by molar-refractivity contribution is 5.75. The van der Waals surface area contributed by atoms with E-state index in [0.717, 1.165) is 0 Å². The number of aromatic nitrogens is 1. The Balaban J connectivity index is 2.52. The van der Waals surface area contributed by atoms with Gasteiger partial charge in [0.25, 0.3) is 0 Å². The smallest absolute Gasteiger partial charge is 0.0982 e. The topological polar surface area (TPSA) is 19.4 Å². The van der Waals surface area contributed by atoms with Crippen molar-refractivity contribution in [1.29, 1.82) is 0 Å². The van der Waals surface area contributed by atoms with Crippen molar-refractivity contribution < 1.29 is 0 Å². The highest BCUT2D eigenvalue weighted by Gasteiger charge is 2.26. The van der Waals surface area contributed by atoms with E-state index in [4.69, 9.17) is 0 Å². The molecule has 64 valence electrons. The summed E-state index contributed by atoms with van der Waals surface area (Å²) >= 11 is 0. The van der Waals surface area contributed by atoms with Crippen molar-refractivity contribution in [3.8, 4) is 0 Å². The van der Waals surface area contributed by atoms with Gasteiger partial charge in [0.05, 0.1) is 23.7 Å². The van der Waals surface area contributed by atoms with Crippen LogP contribution in [0.3, 0.4) is 0 Å². The highest BCUT2D eigenvalue weighted by atomic mass is 15.4. The molecule has 12 heavy (non-hydrogen) atoms. The molecule has 0 bridgehead atoms. The summed E-state index contributed by atoms with van der Waals surface area (Å²) in [6.07, 6.45) is 4.18. The summed E-state index contributed by atoms with van der Waals surface area (Å²) in [6.45, 7) is 2.18. The summed E-state index contributed by atoms with van der Waals surface area (Å²) in [4.78, 5) is 8.58. The van der Waals surface area contributed by atoms with Gasteiger partial charge >= 0.3 is 0 Å². The molecule has 0 saturated carbocycles. The second-order valence-corrected chi connectivity index (χ2v) is 3.22. The molecule has 1 aromatic heterocycles. The Labute approximate surface area is 72.6 Å². The van der Waals surface area contributed by atoms with E-state index >= 15 is 0 Å². The van der Waals surface area contributed by atoms with Crippen LogP contribution in [0.15, 0.2) is 18.5 Å². The number of anilines is 2. The minimum atomic E-state index is 0.434. The van der Waals surface area contributed by atoms with Gasteiger partial charge in [-0.2, -0.15) is 0 Å². The molecule has 0 aromatic carbocycles. The average Bonchev–Trinajstić information content (AvgIpc) is 2.33. The molecule has 0 fully saturated rings. The zero-order valence-electron chi connectivity index (χ0n) is 7.65. The lowest BCUT2D eigenvalue weighted by Crippen LogP contribution is -2.35. The zero-order valence-corrected chi connectivity index (χ0v) is 7.65. The Morgan fingerprint density at radius 3 is 2.58 bits per heavy atom. The molecule has 0 spiro atoms. The van der Waals surface area contributed by atoms with E-state index < -0.39 is 0 Å². The number of hydrogen-bond acceptors (Lipinski definition) is 3. The van der Waals surface area contributed by atoms with E-state index in [0.29, 0.717) is 6.17 Å². The molecule has 3 heteroatoms. The first-order chi connectivity index (χ1) is 5.72. The third-order valence-electron chi connectivity index (χ3n) is 2.66. The molecule has 1 aliphatic rings. The van der Waals surface area contributed by atoms with E-state index in [-0.39, 0.29) is 0 Å². The normalized spacial score (nSPS) is 21.4. The Morgan fingerprint density at radius 2 is 1.92 bits per heavy atom. The summed E-state index contributed by atoms with van der Waals surface area (Å²) in [7, 11) is 4.20. The van der Waals surface area contributed by atoms with Crippen LogP contribution >= 0.6 is 0 Å². The molecule has 1 unspecified atom stereocenters. The van der Waals surface area contributed by atoms with E-state index in [1.807, 2.05) is 12.4 Å². The maximum Gasteiger partial charge on any atom is 0.0982 e. The van der Waals surface area contributed by atoms with Crippen LogP contribution in [0.1, 0.15) is 6.92 Å². The first kappa shape index (κ1) is 7.40. The van der Waals surface area contributed by atoms with Gasteiger partial charge in [-0.15, -0.1) is 0 Å². The Morgan fingerprint density at radius 1 is 1.25 bits per heavy atom. The number of hydrogen-bond donors (Lipinski definition) is 0. The maximum atomic E-state index is 4.11. The lowest BCUT2D eigenvalue weighted by atomic mass is 10.3. The third-order valence-corrected chi connectivity index (χ3v) is 2.66. The van der Waals surface area contributed by atoms with E-state index in [9.17, 15) is 0 Å². The zero-order chi connectivity index (χ0) is 8.72. The van der Waals surface area contributed by atoms with E-state index in [2.05, 4.69) is 41.9 Å². The summed E-state index contributed by atoms with van der Waals surface area (Å²) < 4.78 is 0. The molecule has 3 nitrogen and oxygen atoms in total. The molecular formula is C9H13N3. The van der Waals surface area contributed by atoms with Crippen molar-refractivity contribution in [3.05, 3.63) is 18.5 Å². The van der Waals surface area contributed by atoms with Crippen LogP contribution in [0.2, 0.25) is 0 Å². The van der Waals surface area contributed by atoms with Crippen LogP contribution in [0, 0.1) is 0 Å². The Hall–Kier alpha value is -1.25. The van der Waals surface area contributed by atoms with Crippen LogP contribution < -0.4 is 9.80 Å². The van der Waals surface area contributed by atoms with Gasteiger partial charge in [0.1, 0.15) is 0 Å². The quantitative estimate of drug-likeness (QED) is 0.575. The van der Waals surface area contributed by atoms with Gasteiger partial charge in [-0.05, 0) is 13.0 Å². The van der Waals surface area contributed by atoms with E-state index in [1.165, 1.54) is 11.4 Å². The van der Waals surface area contributed by atoms with Gasteiger partial charge in [-0.3, -0.25) is 4.98 Å². The number of pyridine rings is 1. The molecule has 2 rings (SSSR count).